The molecule has 0 fully saturated rings. The molecule has 106 valence electrons. The minimum atomic E-state index is -4.42. The number of carbonyl (C=O) groups is 2. The van der Waals surface area contributed by atoms with E-state index in [1.807, 2.05) is 0 Å². The molecule has 0 aliphatic rings. The number of carboxylic acids is 1. The molecular weight excluding hydrogens is 255 g/mol. The lowest BCUT2D eigenvalue weighted by Crippen LogP contribution is -2.40. The van der Waals surface area contributed by atoms with Crippen LogP contribution >= 0.6 is 0 Å². The number of carboxylic acid groups (broad SMARTS) is 1. The number of rotatable bonds is 7. The van der Waals surface area contributed by atoms with Crippen molar-refractivity contribution in [2.24, 2.45) is 5.92 Å². The fourth-order valence-corrected chi connectivity index (χ4v) is 1.02. The number of carbonyl (C=O) groups excluding carboxylic acids is 1. The topological polar surface area (TPSA) is 75.6 Å². The van der Waals surface area contributed by atoms with Gasteiger partial charge in [-0.05, 0) is 13.8 Å². The van der Waals surface area contributed by atoms with Crippen LogP contribution in [0, 0.1) is 5.92 Å². The molecule has 5 nitrogen and oxygen atoms in total. The van der Waals surface area contributed by atoms with Crippen molar-refractivity contribution in [1.82, 2.24) is 5.32 Å². The summed E-state index contributed by atoms with van der Waals surface area (Å²) in [6.07, 6.45) is -4.66. The van der Waals surface area contributed by atoms with E-state index in [4.69, 9.17) is 5.11 Å². The zero-order valence-electron chi connectivity index (χ0n) is 10.1. The van der Waals surface area contributed by atoms with Crippen LogP contribution in [0.1, 0.15) is 20.3 Å². The monoisotopic (exact) mass is 271 g/mol. The highest BCUT2D eigenvalue weighted by atomic mass is 19.4. The maximum absolute atomic E-state index is 11.7. The number of amides is 1. The van der Waals surface area contributed by atoms with Gasteiger partial charge in [-0.25, -0.2) is 0 Å². The van der Waals surface area contributed by atoms with Gasteiger partial charge in [-0.1, -0.05) is 0 Å². The van der Waals surface area contributed by atoms with Gasteiger partial charge in [-0.3, -0.25) is 9.59 Å². The van der Waals surface area contributed by atoms with Gasteiger partial charge in [0.15, 0.2) is 0 Å². The predicted octanol–water partition coefficient (Wildman–Crippen LogP) is 1.18. The van der Waals surface area contributed by atoms with Crippen LogP contribution in [0.5, 0.6) is 0 Å². The summed E-state index contributed by atoms with van der Waals surface area (Å²) in [5.74, 6) is -2.38. The van der Waals surface area contributed by atoms with Gasteiger partial charge in [0.25, 0.3) is 0 Å². The molecule has 0 aliphatic heterocycles. The van der Waals surface area contributed by atoms with Gasteiger partial charge >= 0.3 is 12.1 Å². The van der Waals surface area contributed by atoms with Gasteiger partial charge < -0.3 is 15.2 Å². The second kappa shape index (κ2) is 7.20. The van der Waals surface area contributed by atoms with Crippen molar-refractivity contribution in [1.29, 1.82) is 0 Å². The van der Waals surface area contributed by atoms with Crippen LogP contribution < -0.4 is 5.32 Å². The zero-order valence-corrected chi connectivity index (χ0v) is 10.1. The molecular formula is C10H16F3NO4. The van der Waals surface area contributed by atoms with E-state index >= 15 is 0 Å². The number of ether oxygens (including phenoxy) is 1. The second-order valence-corrected chi connectivity index (χ2v) is 3.90. The Morgan fingerprint density at radius 2 is 1.89 bits per heavy atom. The molecule has 2 unspecified atom stereocenters. The highest BCUT2D eigenvalue weighted by Crippen LogP contribution is 2.14. The summed E-state index contributed by atoms with van der Waals surface area (Å²) >= 11 is 0. The molecule has 0 aliphatic carbocycles. The average molecular weight is 271 g/mol. The summed E-state index contributed by atoms with van der Waals surface area (Å²) in [5, 5.41) is 11.0. The number of hydrogen-bond acceptors (Lipinski definition) is 3. The number of halogens is 3. The molecule has 18 heavy (non-hydrogen) atoms. The van der Waals surface area contributed by atoms with E-state index in [0.29, 0.717) is 0 Å². The Kier molecular flexibility index (Phi) is 6.67. The first kappa shape index (κ1) is 16.7. The van der Waals surface area contributed by atoms with E-state index < -0.39 is 36.6 Å². The number of hydrogen-bond donors (Lipinski definition) is 2. The van der Waals surface area contributed by atoms with Crippen LogP contribution in [0.2, 0.25) is 0 Å². The van der Waals surface area contributed by atoms with Crippen molar-refractivity contribution in [3.05, 3.63) is 0 Å². The van der Waals surface area contributed by atoms with Crippen molar-refractivity contribution in [3.63, 3.8) is 0 Å². The Hall–Kier alpha value is -1.31. The first-order valence-corrected chi connectivity index (χ1v) is 5.30. The lowest BCUT2D eigenvalue weighted by molar-refractivity contribution is -0.174. The van der Waals surface area contributed by atoms with E-state index in [1.54, 1.807) is 0 Å². The SMILES string of the molecule is CC(NC(=O)CCOCC(F)(F)F)C(C)C(=O)O. The summed E-state index contributed by atoms with van der Waals surface area (Å²) in [4.78, 5) is 21.8. The highest BCUT2D eigenvalue weighted by Gasteiger charge is 2.27. The molecule has 2 N–H and O–H groups in total. The van der Waals surface area contributed by atoms with E-state index in [0.717, 1.165) is 0 Å². The van der Waals surface area contributed by atoms with Crippen molar-refractivity contribution in [3.8, 4) is 0 Å². The molecule has 0 aromatic carbocycles. The summed E-state index contributed by atoms with van der Waals surface area (Å²) in [7, 11) is 0. The molecule has 0 rings (SSSR count). The fourth-order valence-electron chi connectivity index (χ4n) is 1.02. The normalized spacial score (nSPS) is 14.9. The van der Waals surface area contributed by atoms with Crippen LogP contribution in [0.3, 0.4) is 0 Å². The van der Waals surface area contributed by atoms with E-state index in [1.165, 1.54) is 13.8 Å². The fraction of sp³-hybridized carbons (Fsp3) is 0.800. The summed E-state index contributed by atoms with van der Waals surface area (Å²) in [5.41, 5.74) is 0. The van der Waals surface area contributed by atoms with Gasteiger partial charge in [0.05, 0.1) is 12.5 Å². The smallest absolute Gasteiger partial charge is 0.411 e. The van der Waals surface area contributed by atoms with Crippen LogP contribution in [-0.4, -0.2) is 42.4 Å². The zero-order chi connectivity index (χ0) is 14.3. The molecule has 2 atom stereocenters. The molecule has 0 spiro atoms. The number of alkyl halides is 3. The predicted molar refractivity (Wildman–Crippen MR) is 55.9 cm³/mol. The van der Waals surface area contributed by atoms with E-state index in [2.05, 4.69) is 10.1 Å². The van der Waals surface area contributed by atoms with Crippen molar-refractivity contribution >= 4 is 11.9 Å². The minimum absolute atomic E-state index is 0.243. The Morgan fingerprint density at radius 3 is 2.33 bits per heavy atom. The summed E-state index contributed by atoms with van der Waals surface area (Å²) in [6, 6.07) is -0.599. The molecule has 0 saturated carbocycles. The van der Waals surface area contributed by atoms with Crippen molar-refractivity contribution in [2.45, 2.75) is 32.5 Å². The number of aliphatic carboxylic acids is 1. The summed E-state index contributed by atoms with van der Waals surface area (Å²) in [6.45, 7) is 1.17. The Balaban J connectivity index is 3.81. The van der Waals surface area contributed by atoms with Crippen LogP contribution in [0.15, 0.2) is 0 Å². The van der Waals surface area contributed by atoms with Crippen LogP contribution in [-0.2, 0) is 14.3 Å². The first-order chi connectivity index (χ1) is 8.13. The Labute approximate surface area is 102 Å². The molecule has 0 aromatic heterocycles. The standard InChI is InChI=1S/C10H16F3NO4/c1-6(9(16)17)7(2)14-8(15)3-4-18-5-10(11,12)13/h6-7H,3-5H2,1-2H3,(H,14,15)(H,16,17). The summed E-state index contributed by atoms with van der Waals surface area (Å²) < 4.78 is 39.3. The molecule has 0 radical (unpaired) electrons. The van der Waals surface area contributed by atoms with Crippen LogP contribution in [0.4, 0.5) is 13.2 Å². The van der Waals surface area contributed by atoms with E-state index in [9.17, 15) is 22.8 Å². The second-order valence-electron chi connectivity index (χ2n) is 3.90. The van der Waals surface area contributed by atoms with E-state index in [-0.39, 0.29) is 13.0 Å². The maximum atomic E-state index is 11.7. The third kappa shape index (κ3) is 7.88. The quantitative estimate of drug-likeness (QED) is 0.682. The van der Waals surface area contributed by atoms with Gasteiger partial charge in [0.2, 0.25) is 5.91 Å². The van der Waals surface area contributed by atoms with Gasteiger partial charge in [-0.15, -0.1) is 0 Å². The van der Waals surface area contributed by atoms with Gasteiger partial charge in [0.1, 0.15) is 6.61 Å². The minimum Gasteiger partial charge on any atom is -0.481 e. The molecule has 0 bridgehead atoms. The lowest BCUT2D eigenvalue weighted by atomic mass is 10.0. The third-order valence-corrected chi connectivity index (χ3v) is 2.27. The first-order valence-electron chi connectivity index (χ1n) is 5.30. The van der Waals surface area contributed by atoms with Crippen molar-refractivity contribution in [2.75, 3.05) is 13.2 Å². The van der Waals surface area contributed by atoms with Gasteiger partial charge in [-0.2, -0.15) is 13.2 Å². The molecule has 0 saturated heterocycles. The molecule has 0 heterocycles. The third-order valence-electron chi connectivity index (χ3n) is 2.27. The number of nitrogens with one attached hydrogen (secondary N) is 1. The van der Waals surface area contributed by atoms with Crippen LogP contribution in [0.25, 0.3) is 0 Å². The maximum Gasteiger partial charge on any atom is 0.411 e. The lowest BCUT2D eigenvalue weighted by Gasteiger charge is -2.17. The average Bonchev–Trinajstić information content (AvgIpc) is 2.21. The molecule has 1 amide bonds. The molecule has 8 heteroatoms. The molecule has 0 aromatic rings. The van der Waals surface area contributed by atoms with Crippen molar-refractivity contribution < 1.29 is 32.6 Å². The largest absolute Gasteiger partial charge is 0.481 e. The highest BCUT2D eigenvalue weighted by molar-refractivity contribution is 5.78. The van der Waals surface area contributed by atoms with Gasteiger partial charge in [0, 0.05) is 12.5 Å². The Morgan fingerprint density at radius 1 is 1.33 bits per heavy atom. The Bertz CT molecular complexity index is 293.